The minimum atomic E-state index is -0.770. The Balaban J connectivity index is 0.00000153. The van der Waals surface area contributed by atoms with Gasteiger partial charge in [0.25, 0.3) is 0 Å². The van der Waals surface area contributed by atoms with E-state index in [9.17, 15) is 15.3 Å². The van der Waals surface area contributed by atoms with Crippen molar-refractivity contribution >= 4 is 33.7 Å². The number of carbonyl (C=O) groups is 1. The second-order valence-corrected chi connectivity index (χ2v) is 9.67. The van der Waals surface area contributed by atoms with Crippen LogP contribution in [0.4, 0.5) is 0 Å². The summed E-state index contributed by atoms with van der Waals surface area (Å²) in [6.45, 7) is 9.49. The van der Waals surface area contributed by atoms with E-state index in [1.54, 1.807) is 13.8 Å². The van der Waals surface area contributed by atoms with E-state index in [1.165, 1.54) is 11.8 Å². The van der Waals surface area contributed by atoms with Crippen LogP contribution >= 0.6 is 27.7 Å². The SMILES string of the molecule is CCO.CCOC(=O)C1=C(CSc2nc(C)c(C)c(C)c2C#N)OC(N)=C(C#N)C1c1ccccc1Br. The van der Waals surface area contributed by atoms with Gasteiger partial charge in [-0.25, -0.2) is 9.78 Å². The Kier molecular flexibility index (Phi) is 11.2. The number of aromatic nitrogens is 1. The van der Waals surface area contributed by atoms with Crippen LogP contribution < -0.4 is 5.73 Å². The highest BCUT2D eigenvalue weighted by Gasteiger charge is 2.38. The van der Waals surface area contributed by atoms with E-state index in [0.29, 0.717) is 16.2 Å². The van der Waals surface area contributed by atoms with Crippen molar-refractivity contribution in [2.24, 2.45) is 5.73 Å². The summed E-state index contributed by atoms with van der Waals surface area (Å²) in [5.74, 6) is -1.00. The molecular weight excluding hydrogens is 556 g/mol. The Labute approximate surface area is 229 Å². The molecule has 1 aliphatic rings. The number of carbonyl (C=O) groups excluding carboxylic acids is 1. The van der Waals surface area contributed by atoms with Crippen LogP contribution in [0.2, 0.25) is 0 Å². The minimum Gasteiger partial charge on any atom is -0.463 e. The van der Waals surface area contributed by atoms with Crippen LogP contribution in [0.15, 0.2) is 56.6 Å². The summed E-state index contributed by atoms with van der Waals surface area (Å²) < 4.78 is 11.9. The molecule has 37 heavy (non-hydrogen) atoms. The van der Waals surface area contributed by atoms with Crippen molar-refractivity contribution in [3.63, 3.8) is 0 Å². The van der Waals surface area contributed by atoms with Gasteiger partial charge in [-0.15, -0.1) is 0 Å². The first-order chi connectivity index (χ1) is 17.7. The molecule has 0 saturated heterocycles. The van der Waals surface area contributed by atoms with E-state index >= 15 is 0 Å². The lowest BCUT2D eigenvalue weighted by Crippen LogP contribution is -2.27. The molecule has 1 atom stereocenters. The van der Waals surface area contributed by atoms with Gasteiger partial charge < -0.3 is 20.3 Å². The molecule has 0 amide bonds. The van der Waals surface area contributed by atoms with Gasteiger partial charge in [0, 0.05) is 16.8 Å². The van der Waals surface area contributed by atoms with E-state index in [2.05, 4.69) is 33.1 Å². The molecule has 10 heteroatoms. The van der Waals surface area contributed by atoms with Crippen molar-refractivity contribution in [2.75, 3.05) is 19.0 Å². The largest absolute Gasteiger partial charge is 0.463 e. The molecular formula is C27H29BrN4O4S. The molecule has 2 aromatic rings. The maximum atomic E-state index is 13.1. The number of ether oxygens (including phenoxy) is 2. The van der Waals surface area contributed by atoms with Gasteiger partial charge in [-0.3, -0.25) is 0 Å². The molecule has 2 heterocycles. The lowest BCUT2D eigenvalue weighted by atomic mass is 9.83. The third-order valence-electron chi connectivity index (χ3n) is 5.62. The molecule has 0 bridgehead atoms. The number of hydrogen-bond acceptors (Lipinski definition) is 9. The molecule has 1 aromatic carbocycles. The van der Waals surface area contributed by atoms with Gasteiger partial charge in [0.1, 0.15) is 28.5 Å². The summed E-state index contributed by atoms with van der Waals surface area (Å²) in [6, 6.07) is 11.6. The number of nitriles is 2. The molecule has 0 fully saturated rings. The van der Waals surface area contributed by atoms with Crippen LogP contribution in [0, 0.1) is 43.4 Å². The predicted molar refractivity (Wildman–Crippen MR) is 145 cm³/mol. The second kappa shape index (κ2) is 13.8. The molecule has 3 N–H and O–H groups in total. The predicted octanol–water partition coefficient (Wildman–Crippen LogP) is 5.06. The highest BCUT2D eigenvalue weighted by Crippen LogP contribution is 2.43. The van der Waals surface area contributed by atoms with Gasteiger partial charge >= 0.3 is 5.97 Å². The minimum absolute atomic E-state index is 0.0726. The monoisotopic (exact) mass is 584 g/mol. The summed E-state index contributed by atoms with van der Waals surface area (Å²) >= 11 is 4.79. The van der Waals surface area contributed by atoms with Gasteiger partial charge in [-0.1, -0.05) is 45.9 Å². The zero-order valence-electron chi connectivity index (χ0n) is 21.4. The molecule has 1 aromatic heterocycles. The lowest BCUT2D eigenvalue weighted by molar-refractivity contribution is -0.139. The van der Waals surface area contributed by atoms with Crippen LogP contribution in [-0.2, 0) is 14.3 Å². The smallest absolute Gasteiger partial charge is 0.338 e. The van der Waals surface area contributed by atoms with E-state index in [0.717, 1.165) is 21.3 Å². The number of rotatable bonds is 6. The number of nitrogens with two attached hydrogens (primary N) is 1. The number of aliphatic hydroxyl groups is 1. The molecule has 3 rings (SSSR count). The van der Waals surface area contributed by atoms with Crippen LogP contribution in [0.25, 0.3) is 0 Å². The number of nitrogens with zero attached hydrogens (tertiary/aromatic N) is 3. The molecule has 0 spiro atoms. The normalized spacial score (nSPS) is 14.7. The molecule has 194 valence electrons. The van der Waals surface area contributed by atoms with Crippen LogP contribution in [0.3, 0.4) is 0 Å². The number of pyridine rings is 1. The van der Waals surface area contributed by atoms with Gasteiger partial charge in [0.15, 0.2) is 0 Å². The number of hydrogen-bond donors (Lipinski definition) is 2. The zero-order valence-corrected chi connectivity index (χ0v) is 23.8. The lowest BCUT2D eigenvalue weighted by Gasteiger charge is -2.28. The third kappa shape index (κ3) is 6.72. The zero-order chi connectivity index (χ0) is 27.7. The van der Waals surface area contributed by atoms with E-state index < -0.39 is 11.9 Å². The summed E-state index contributed by atoms with van der Waals surface area (Å²) in [7, 11) is 0. The van der Waals surface area contributed by atoms with Gasteiger partial charge in [0.05, 0.1) is 29.4 Å². The van der Waals surface area contributed by atoms with Crippen molar-refractivity contribution in [1.82, 2.24) is 4.98 Å². The van der Waals surface area contributed by atoms with Gasteiger partial charge in [-0.2, -0.15) is 10.5 Å². The fraction of sp³-hybridized carbons (Fsp3) is 0.333. The first-order valence-corrected chi connectivity index (χ1v) is 13.3. The average Bonchev–Trinajstić information content (AvgIpc) is 2.86. The van der Waals surface area contributed by atoms with Crippen LogP contribution in [-0.4, -0.2) is 35.0 Å². The van der Waals surface area contributed by atoms with Gasteiger partial charge in [0.2, 0.25) is 5.88 Å². The van der Waals surface area contributed by atoms with E-state index in [1.807, 2.05) is 45.0 Å². The number of thioether (sulfide) groups is 1. The highest BCUT2D eigenvalue weighted by molar-refractivity contribution is 9.10. The van der Waals surface area contributed by atoms with Crippen LogP contribution in [0.1, 0.15) is 47.7 Å². The summed E-state index contributed by atoms with van der Waals surface area (Å²) in [6.07, 6.45) is 0. The summed E-state index contributed by atoms with van der Waals surface area (Å²) in [4.78, 5) is 17.7. The number of benzene rings is 1. The number of allylic oxidation sites excluding steroid dienone is 1. The number of aryl methyl sites for hydroxylation is 1. The number of esters is 1. The first kappa shape index (κ1) is 29.9. The topological polar surface area (TPSA) is 142 Å². The molecule has 1 unspecified atom stereocenters. The van der Waals surface area contributed by atoms with E-state index in [4.69, 9.17) is 20.3 Å². The Morgan fingerprint density at radius 1 is 1.22 bits per heavy atom. The van der Waals surface area contributed by atoms with Gasteiger partial charge in [-0.05, 0) is 57.4 Å². The number of aliphatic hydroxyl groups excluding tert-OH is 1. The van der Waals surface area contributed by atoms with Crippen molar-refractivity contribution < 1.29 is 19.4 Å². The molecule has 1 aliphatic heterocycles. The second-order valence-electron chi connectivity index (χ2n) is 7.85. The van der Waals surface area contributed by atoms with Crippen LogP contribution in [0.5, 0.6) is 0 Å². The maximum absolute atomic E-state index is 13.1. The summed E-state index contributed by atoms with van der Waals surface area (Å²) in [5.41, 5.74) is 10.3. The highest BCUT2D eigenvalue weighted by atomic mass is 79.9. The van der Waals surface area contributed by atoms with E-state index in [-0.39, 0.29) is 41.8 Å². The number of halogens is 1. The molecule has 0 saturated carbocycles. The molecule has 8 nitrogen and oxygen atoms in total. The Hall–Kier alpha value is -3.31. The fourth-order valence-electron chi connectivity index (χ4n) is 3.66. The maximum Gasteiger partial charge on any atom is 0.338 e. The van der Waals surface area contributed by atoms with Crippen molar-refractivity contribution in [3.05, 3.63) is 79.5 Å². The third-order valence-corrected chi connectivity index (χ3v) is 7.32. The Bertz CT molecular complexity index is 1320. The van der Waals surface area contributed by atoms with Crippen molar-refractivity contribution in [1.29, 1.82) is 10.5 Å². The quantitative estimate of drug-likeness (QED) is 0.351. The van der Waals surface area contributed by atoms with Crippen molar-refractivity contribution in [3.8, 4) is 12.1 Å². The van der Waals surface area contributed by atoms with Crippen molar-refractivity contribution in [2.45, 2.75) is 45.6 Å². The molecule has 0 aliphatic carbocycles. The fourth-order valence-corrected chi connectivity index (χ4v) is 5.20. The average molecular weight is 586 g/mol. The summed E-state index contributed by atoms with van der Waals surface area (Å²) in [5, 5.41) is 27.7. The first-order valence-electron chi connectivity index (χ1n) is 11.5. The Morgan fingerprint density at radius 2 is 1.86 bits per heavy atom. The Morgan fingerprint density at radius 3 is 2.43 bits per heavy atom. The molecule has 0 radical (unpaired) electrons. The standard InChI is InChI=1S/C25H23BrN4O3S.C2H6O/c1-5-32-25(31)22-20(12-34-24-17(10-27)14(3)13(2)15(4)30-24)33-23(29)18(11-28)21(22)16-8-6-7-9-19(16)26;1-2-3/h6-9,21H,5,12,29H2,1-4H3;3H,2H2,1H3.